The Bertz CT molecular complexity index is 670. The lowest BCUT2D eigenvalue weighted by Gasteiger charge is -2.09. The third-order valence-corrected chi connectivity index (χ3v) is 3.09. The van der Waals surface area contributed by atoms with Gasteiger partial charge in [-0.2, -0.15) is 0 Å². The third-order valence-electron chi connectivity index (χ3n) is 2.90. The van der Waals surface area contributed by atoms with E-state index < -0.39 is 0 Å². The van der Waals surface area contributed by atoms with Crippen LogP contribution in [0.3, 0.4) is 0 Å². The van der Waals surface area contributed by atoms with E-state index in [1.54, 1.807) is 0 Å². The lowest BCUT2D eigenvalue weighted by molar-refractivity contribution is 0.300. The molecular formula is C18H18ClNO. The highest BCUT2D eigenvalue weighted by molar-refractivity contribution is 6.18. The molecule has 0 bridgehead atoms. The highest BCUT2D eigenvalue weighted by Crippen LogP contribution is 2.20. The largest absolute Gasteiger partial charge is 0.486 e. The molecule has 2 nitrogen and oxygen atoms in total. The van der Waals surface area contributed by atoms with Crippen molar-refractivity contribution in [2.24, 2.45) is 0 Å². The molecule has 108 valence electrons. The van der Waals surface area contributed by atoms with Crippen molar-refractivity contribution >= 4 is 11.6 Å². The van der Waals surface area contributed by atoms with Crippen molar-refractivity contribution in [1.29, 1.82) is 0 Å². The van der Waals surface area contributed by atoms with E-state index >= 15 is 0 Å². The second kappa shape index (κ2) is 7.71. The van der Waals surface area contributed by atoms with Gasteiger partial charge in [0, 0.05) is 18.0 Å². The summed E-state index contributed by atoms with van der Waals surface area (Å²) in [7, 11) is 0. The Kier molecular flexibility index (Phi) is 5.66. The molecule has 0 aliphatic heterocycles. The smallest absolute Gasteiger partial charge is 0.135 e. The minimum absolute atomic E-state index is 0.439. The third kappa shape index (κ3) is 4.81. The van der Waals surface area contributed by atoms with Crippen LogP contribution < -0.4 is 4.74 Å². The predicted octanol–water partition coefficient (Wildman–Crippen LogP) is 4.26. The summed E-state index contributed by atoms with van der Waals surface area (Å²) in [6, 6.07) is 11.9. The second-order valence-electron chi connectivity index (χ2n) is 4.80. The van der Waals surface area contributed by atoms with Crippen molar-refractivity contribution in [2.75, 3.05) is 5.88 Å². The fraction of sp³-hybridized carbons (Fsp3) is 0.278. The van der Waals surface area contributed by atoms with Gasteiger partial charge in [0.25, 0.3) is 0 Å². The number of rotatable bonds is 4. The summed E-state index contributed by atoms with van der Waals surface area (Å²) >= 11 is 5.65. The summed E-state index contributed by atoms with van der Waals surface area (Å²) in [5.74, 6) is 7.50. The molecule has 0 N–H and O–H groups in total. The molecule has 1 heterocycles. The number of hydrogen-bond acceptors (Lipinski definition) is 2. The number of aryl methyl sites for hydroxylation is 2. The average Bonchev–Trinajstić information content (AvgIpc) is 2.47. The van der Waals surface area contributed by atoms with Crippen LogP contribution in [0.25, 0.3) is 0 Å². The molecule has 0 radical (unpaired) electrons. The van der Waals surface area contributed by atoms with Gasteiger partial charge in [0.2, 0.25) is 0 Å². The molecule has 0 fully saturated rings. The summed E-state index contributed by atoms with van der Waals surface area (Å²) in [6.45, 7) is 4.45. The lowest BCUT2D eigenvalue weighted by atomic mass is 10.1. The van der Waals surface area contributed by atoms with Crippen molar-refractivity contribution < 1.29 is 4.74 Å². The van der Waals surface area contributed by atoms with Gasteiger partial charge in [-0.15, -0.1) is 11.6 Å². The zero-order chi connectivity index (χ0) is 15.1. The number of hydrogen-bond donors (Lipinski definition) is 0. The minimum Gasteiger partial charge on any atom is -0.486 e. The number of halogens is 1. The minimum atomic E-state index is 0.439. The van der Waals surface area contributed by atoms with Gasteiger partial charge in [0.1, 0.15) is 12.4 Å². The molecule has 21 heavy (non-hydrogen) atoms. The molecule has 0 saturated carbocycles. The molecule has 0 amide bonds. The lowest BCUT2D eigenvalue weighted by Crippen LogP contribution is -2.00. The van der Waals surface area contributed by atoms with Crippen LogP contribution in [0.2, 0.25) is 0 Å². The van der Waals surface area contributed by atoms with Gasteiger partial charge >= 0.3 is 0 Å². The van der Waals surface area contributed by atoms with E-state index in [1.807, 2.05) is 50.2 Å². The maximum absolute atomic E-state index is 5.87. The first-order valence-electron chi connectivity index (χ1n) is 6.90. The molecule has 1 aromatic carbocycles. The highest BCUT2D eigenvalue weighted by atomic mass is 35.5. The van der Waals surface area contributed by atoms with Crippen molar-refractivity contribution in [1.82, 2.24) is 4.98 Å². The normalized spacial score (nSPS) is 9.86. The molecule has 0 atom stereocenters. The second-order valence-corrected chi connectivity index (χ2v) is 5.18. The van der Waals surface area contributed by atoms with E-state index in [0.717, 1.165) is 28.3 Å². The van der Waals surface area contributed by atoms with E-state index in [9.17, 15) is 0 Å². The Morgan fingerprint density at radius 3 is 2.81 bits per heavy atom. The van der Waals surface area contributed by atoms with Gasteiger partial charge in [0.05, 0.1) is 11.3 Å². The standard InChI is InChI=1S/C18H18ClNO/c1-14-9-10-18(16(12-14)7-3-4-11-19)21-13-17-8-5-6-15(2)20-17/h5-6,8-10,12H,4,11,13H2,1-2H3. The Morgan fingerprint density at radius 1 is 1.19 bits per heavy atom. The van der Waals surface area contributed by atoms with Gasteiger partial charge in [-0.1, -0.05) is 24.0 Å². The maximum atomic E-state index is 5.87. The fourth-order valence-electron chi connectivity index (χ4n) is 1.90. The summed E-state index contributed by atoms with van der Waals surface area (Å²) in [5.41, 5.74) is 3.95. The van der Waals surface area contributed by atoms with E-state index in [1.165, 1.54) is 0 Å². The van der Waals surface area contributed by atoms with E-state index in [-0.39, 0.29) is 0 Å². The SMILES string of the molecule is Cc1ccc(OCc2cccc(C)n2)c(C#CCCCl)c1. The van der Waals surface area contributed by atoms with Gasteiger partial charge in [-0.3, -0.25) is 4.98 Å². The van der Waals surface area contributed by atoms with E-state index in [2.05, 4.69) is 16.8 Å². The molecular weight excluding hydrogens is 282 g/mol. The molecule has 0 aliphatic carbocycles. The van der Waals surface area contributed by atoms with Crippen LogP contribution in [-0.4, -0.2) is 10.9 Å². The van der Waals surface area contributed by atoms with Crippen LogP contribution in [0, 0.1) is 25.7 Å². The Balaban J connectivity index is 2.14. The fourth-order valence-corrected chi connectivity index (χ4v) is 2.00. The molecule has 3 heteroatoms. The van der Waals surface area contributed by atoms with Crippen LogP contribution >= 0.6 is 11.6 Å². The Hall–Kier alpha value is -1.98. The molecule has 0 spiro atoms. The molecule has 2 rings (SSSR count). The first kappa shape index (κ1) is 15.4. The van der Waals surface area contributed by atoms with Gasteiger partial charge < -0.3 is 4.74 Å². The molecule has 2 aromatic rings. The predicted molar refractivity (Wildman–Crippen MR) is 86.7 cm³/mol. The summed E-state index contributed by atoms with van der Waals surface area (Å²) < 4.78 is 5.87. The topological polar surface area (TPSA) is 22.1 Å². The maximum Gasteiger partial charge on any atom is 0.135 e. The Morgan fingerprint density at radius 2 is 2.05 bits per heavy atom. The molecule has 0 saturated heterocycles. The van der Waals surface area contributed by atoms with Crippen LogP contribution in [-0.2, 0) is 6.61 Å². The molecule has 0 aliphatic rings. The van der Waals surface area contributed by atoms with Crippen molar-refractivity contribution in [3.05, 3.63) is 58.9 Å². The van der Waals surface area contributed by atoms with Gasteiger partial charge in [-0.25, -0.2) is 0 Å². The first-order chi connectivity index (χ1) is 10.2. The quantitative estimate of drug-likeness (QED) is 0.622. The number of benzene rings is 1. The Labute approximate surface area is 131 Å². The van der Waals surface area contributed by atoms with E-state index in [4.69, 9.17) is 16.3 Å². The van der Waals surface area contributed by atoms with Gasteiger partial charge in [-0.05, 0) is 43.7 Å². The number of aromatic nitrogens is 1. The summed E-state index contributed by atoms with van der Waals surface area (Å²) in [6.07, 6.45) is 0.675. The van der Waals surface area contributed by atoms with Crippen molar-refractivity contribution in [3.8, 4) is 17.6 Å². The average molecular weight is 300 g/mol. The molecule has 0 unspecified atom stereocenters. The monoisotopic (exact) mass is 299 g/mol. The summed E-state index contributed by atoms with van der Waals surface area (Å²) in [4.78, 5) is 4.43. The zero-order valence-electron chi connectivity index (χ0n) is 12.3. The highest BCUT2D eigenvalue weighted by Gasteiger charge is 2.03. The number of alkyl halides is 1. The zero-order valence-corrected chi connectivity index (χ0v) is 13.1. The summed E-state index contributed by atoms with van der Waals surface area (Å²) in [5, 5.41) is 0. The van der Waals surface area contributed by atoms with Crippen LogP contribution in [0.4, 0.5) is 0 Å². The van der Waals surface area contributed by atoms with Crippen LogP contribution in [0.15, 0.2) is 36.4 Å². The number of pyridine rings is 1. The number of nitrogens with zero attached hydrogens (tertiary/aromatic N) is 1. The number of ether oxygens (including phenoxy) is 1. The van der Waals surface area contributed by atoms with Crippen LogP contribution in [0.5, 0.6) is 5.75 Å². The van der Waals surface area contributed by atoms with Crippen molar-refractivity contribution in [3.63, 3.8) is 0 Å². The van der Waals surface area contributed by atoms with Crippen LogP contribution in [0.1, 0.15) is 28.9 Å². The first-order valence-corrected chi connectivity index (χ1v) is 7.43. The molecule has 1 aromatic heterocycles. The van der Waals surface area contributed by atoms with Gasteiger partial charge in [0.15, 0.2) is 0 Å². The van der Waals surface area contributed by atoms with E-state index in [0.29, 0.717) is 18.9 Å². The van der Waals surface area contributed by atoms with Crippen molar-refractivity contribution in [2.45, 2.75) is 26.9 Å².